The van der Waals surface area contributed by atoms with Crippen LogP contribution in [-0.4, -0.2) is 5.78 Å². The fraction of sp³-hybridized carbons (Fsp3) is 0.133. The Balaban J connectivity index is 2.23. The first-order valence-electron chi connectivity index (χ1n) is 5.58. The third kappa shape index (κ3) is 2.85. The molecule has 0 aliphatic rings. The summed E-state index contributed by atoms with van der Waals surface area (Å²) in [5, 5.41) is 0. The zero-order chi connectivity index (χ0) is 13.1. The third-order valence-corrected chi connectivity index (χ3v) is 3.67. The molecule has 0 saturated heterocycles. The highest BCUT2D eigenvalue weighted by molar-refractivity contribution is 9.09. The average Bonchev–Trinajstić information content (AvgIpc) is 2.39. The van der Waals surface area contributed by atoms with Gasteiger partial charge < -0.3 is 0 Å². The first kappa shape index (κ1) is 13.0. The van der Waals surface area contributed by atoms with Crippen LogP contribution in [0.2, 0.25) is 0 Å². The molecule has 1 nitrogen and oxygen atoms in total. The van der Waals surface area contributed by atoms with E-state index in [-0.39, 0.29) is 11.6 Å². The van der Waals surface area contributed by atoms with Crippen molar-refractivity contribution in [2.45, 2.75) is 11.8 Å². The second kappa shape index (κ2) is 5.44. The lowest BCUT2D eigenvalue weighted by molar-refractivity contribution is 0.0991. The number of benzene rings is 2. The van der Waals surface area contributed by atoms with Crippen molar-refractivity contribution in [2.24, 2.45) is 0 Å². The molecule has 92 valence electrons. The fourth-order valence-corrected chi connectivity index (χ4v) is 2.22. The second-order valence-electron chi connectivity index (χ2n) is 4.14. The van der Waals surface area contributed by atoms with Crippen LogP contribution in [0.1, 0.15) is 26.3 Å². The number of carbonyl (C=O) groups is 1. The Morgan fingerprint density at radius 1 is 1.06 bits per heavy atom. The Labute approximate surface area is 114 Å². The van der Waals surface area contributed by atoms with Crippen molar-refractivity contribution in [3.8, 4) is 0 Å². The van der Waals surface area contributed by atoms with Crippen molar-refractivity contribution in [2.75, 3.05) is 0 Å². The Bertz CT molecular complexity index is 546. The van der Waals surface area contributed by atoms with Crippen molar-refractivity contribution >= 4 is 21.7 Å². The van der Waals surface area contributed by atoms with E-state index in [0.29, 0.717) is 5.56 Å². The molecule has 18 heavy (non-hydrogen) atoms. The SMILES string of the molecule is Cc1ccc(C(=O)C(Br)c2ccc(F)cc2)cc1. The Kier molecular flexibility index (Phi) is 3.92. The van der Waals surface area contributed by atoms with Crippen molar-refractivity contribution < 1.29 is 9.18 Å². The zero-order valence-electron chi connectivity index (χ0n) is 9.86. The first-order chi connectivity index (χ1) is 8.58. The van der Waals surface area contributed by atoms with E-state index in [1.54, 1.807) is 24.3 Å². The molecule has 2 rings (SSSR count). The lowest BCUT2D eigenvalue weighted by atomic mass is 10.0. The lowest BCUT2D eigenvalue weighted by Gasteiger charge is -2.09. The summed E-state index contributed by atoms with van der Waals surface area (Å²) in [5.74, 6) is -0.331. The largest absolute Gasteiger partial charge is 0.293 e. The maximum atomic E-state index is 12.8. The van der Waals surface area contributed by atoms with Crippen LogP contribution in [0.15, 0.2) is 48.5 Å². The first-order valence-corrected chi connectivity index (χ1v) is 6.50. The smallest absolute Gasteiger partial charge is 0.180 e. The minimum Gasteiger partial charge on any atom is -0.293 e. The summed E-state index contributed by atoms with van der Waals surface area (Å²) in [7, 11) is 0. The van der Waals surface area contributed by atoms with Gasteiger partial charge >= 0.3 is 0 Å². The van der Waals surface area contributed by atoms with E-state index in [0.717, 1.165) is 11.1 Å². The van der Waals surface area contributed by atoms with Crippen LogP contribution in [0.4, 0.5) is 4.39 Å². The van der Waals surface area contributed by atoms with Crippen LogP contribution in [0.3, 0.4) is 0 Å². The maximum Gasteiger partial charge on any atom is 0.180 e. The number of alkyl halides is 1. The molecule has 1 atom stereocenters. The van der Waals surface area contributed by atoms with Gasteiger partial charge in [-0.2, -0.15) is 0 Å². The average molecular weight is 307 g/mol. The molecule has 0 fully saturated rings. The van der Waals surface area contributed by atoms with Gasteiger partial charge in [-0.25, -0.2) is 4.39 Å². The predicted molar refractivity (Wildman–Crippen MR) is 73.6 cm³/mol. The van der Waals surface area contributed by atoms with Crippen molar-refractivity contribution in [3.05, 3.63) is 71.0 Å². The number of carbonyl (C=O) groups excluding carboxylic acids is 1. The molecular weight excluding hydrogens is 295 g/mol. The van der Waals surface area contributed by atoms with Crippen molar-refractivity contribution in [3.63, 3.8) is 0 Å². The third-order valence-electron chi connectivity index (χ3n) is 2.73. The monoisotopic (exact) mass is 306 g/mol. The van der Waals surface area contributed by atoms with Crippen LogP contribution < -0.4 is 0 Å². The van der Waals surface area contributed by atoms with Gasteiger partial charge in [0, 0.05) is 5.56 Å². The summed E-state index contributed by atoms with van der Waals surface area (Å²) in [6.07, 6.45) is 0. The van der Waals surface area contributed by atoms with Gasteiger partial charge in [-0.1, -0.05) is 57.9 Å². The number of rotatable bonds is 3. The van der Waals surface area contributed by atoms with Gasteiger partial charge in [0.2, 0.25) is 0 Å². The normalized spacial score (nSPS) is 12.2. The molecule has 3 heteroatoms. The van der Waals surface area contributed by atoms with Gasteiger partial charge in [0.05, 0.1) is 0 Å². The summed E-state index contributed by atoms with van der Waals surface area (Å²) in [4.78, 5) is 11.8. The van der Waals surface area contributed by atoms with Crippen LogP contribution in [-0.2, 0) is 0 Å². The van der Waals surface area contributed by atoms with Gasteiger partial charge in [-0.3, -0.25) is 4.79 Å². The number of halogens is 2. The van der Waals surface area contributed by atoms with Gasteiger partial charge in [0.15, 0.2) is 5.78 Å². The summed E-state index contributed by atoms with van der Waals surface area (Å²) in [6.45, 7) is 1.97. The molecule has 2 aromatic rings. The molecule has 0 aliphatic heterocycles. The van der Waals surface area contributed by atoms with Gasteiger partial charge in [-0.05, 0) is 24.6 Å². The predicted octanol–water partition coefficient (Wildman–Crippen LogP) is 4.45. The van der Waals surface area contributed by atoms with Crippen molar-refractivity contribution in [1.29, 1.82) is 0 Å². The van der Waals surface area contributed by atoms with Crippen molar-refractivity contribution in [1.82, 2.24) is 0 Å². The maximum absolute atomic E-state index is 12.8. The van der Waals surface area contributed by atoms with Gasteiger partial charge in [-0.15, -0.1) is 0 Å². The lowest BCUT2D eigenvalue weighted by Crippen LogP contribution is -2.07. The zero-order valence-corrected chi connectivity index (χ0v) is 11.4. The van der Waals surface area contributed by atoms with E-state index in [1.807, 2.05) is 19.1 Å². The minimum absolute atomic E-state index is 0.0263. The number of ketones is 1. The quantitative estimate of drug-likeness (QED) is 0.604. The number of Topliss-reactive ketones (excluding diaryl/α,β-unsaturated/α-hetero) is 1. The Morgan fingerprint density at radius 2 is 1.61 bits per heavy atom. The number of hydrogen-bond acceptors (Lipinski definition) is 1. The minimum atomic E-state index is -0.444. The molecule has 0 aromatic heterocycles. The number of aryl methyl sites for hydroxylation is 1. The highest BCUT2D eigenvalue weighted by Crippen LogP contribution is 2.27. The molecule has 0 radical (unpaired) electrons. The van der Waals surface area contributed by atoms with E-state index in [9.17, 15) is 9.18 Å². The molecule has 0 amide bonds. The fourth-order valence-electron chi connectivity index (χ4n) is 1.65. The van der Waals surface area contributed by atoms with E-state index >= 15 is 0 Å². The van der Waals surface area contributed by atoms with Crippen LogP contribution in [0, 0.1) is 12.7 Å². The highest BCUT2D eigenvalue weighted by Gasteiger charge is 2.18. The molecule has 0 aliphatic carbocycles. The Hall–Kier alpha value is -1.48. The molecule has 1 unspecified atom stereocenters. The molecule has 0 bridgehead atoms. The van der Waals surface area contributed by atoms with E-state index < -0.39 is 4.83 Å². The van der Waals surface area contributed by atoms with Gasteiger partial charge in [0.25, 0.3) is 0 Å². The summed E-state index contributed by atoms with van der Waals surface area (Å²) >= 11 is 3.36. The van der Waals surface area contributed by atoms with Crippen LogP contribution >= 0.6 is 15.9 Å². The second-order valence-corrected chi connectivity index (χ2v) is 5.06. The standard InChI is InChI=1S/C15H12BrFO/c1-10-2-4-12(5-3-10)15(18)14(16)11-6-8-13(17)9-7-11/h2-9,14H,1H3. The summed E-state index contributed by atoms with van der Waals surface area (Å²) in [6, 6.07) is 13.3. The molecule has 2 aromatic carbocycles. The Morgan fingerprint density at radius 3 is 2.17 bits per heavy atom. The summed E-state index contributed by atoms with van der Waals surface area (Å²) in [5.41, 5.74) is 2.51. The van der Waals surface area contributed by atoms with Crippen LogP contribution in [0.25, 0.3) is 0 Å². The van der Waals surface area contributed by atoms with Gasteiger partial charge in [0.1, 0.15) is 10.6 Å². The molecule has 0 heterocycles. The van der Waals surface area contributed by atoms with Crippen LogP contribution in [0.5, 0.6) is 0 Å². The molecule has 0 spiro atoms. The molecular formula is C15H12BrFO. The molecule has 0 N–H and O–H groups in total. The van der Waals surface area contributed by atoms with E-state index in [2.05, 4.69) is 15.9 Å². The highest BCUT2D eigenvalue weighted by atomic mass is 79.9. The summed E-state index contributed by atoms with van der Waals surface area (Å²) < 4.78 is 12.8. The number of hydrogen-bond donors (Lipinski definition) is 0. The topological polar surface area (TPSA) is 17.1 Å². The van der Waals surface area contributed by atoms with E-state index in [1.165, 1.54) is 12.1 Å². The van der Waals surface area contributed by atoms with E-state index in [4.69, 9.17) is 0 Å². The molecule has 0 saturated carbocycles.